The summed E-state index contributed by atoms with van der Waals surface area (Å²) in [6.45, 7) is 4.79. The van der Waals surface area contributed by atoms with Crippen molar-refractivity contribution in [2.75, 3.05) is 6.54 Å². The van der Waals surface area contributed by atoms with Crippen LogP contribution in [0.1, 0.15) is 37.8 Å². The monoisotopic (exact) mass is 219 g/mol. The molecule has 0 spiro atoms. The fraction of sp³-hybridized carbons (Fsp3) is 0.500. The van der Waals surface area contributed by atoms with Gasteiger partial charge < -0.3 is 5.32 Å². The molecule has 0 heterocycles. The van der Waals surface area contributed by atoms with Crippen molar-refractivity contribution in [3.8, 4) is 0 Å². The second kappa shape index (κ2) is 7.04. The smallest absolute Gasteiger partial charge is 0.219 e. The van der Waals surface area contributed by atoms with E-state index in [2.05, 4.69) is 36.5 Å². The molecule has 2 nitrogen and oxygen atoms in total. The molecule has 1 aromatic rings. The van der Waals surface area contributed by atoms with Gasteiger partial charge >= 0.3 is 0 Å². The molecular formula is C14H21NO. The topological polar surface area (TPSA) is 29.1 Å². The lowest BCUT2D eigenvalue weighted by atomic mass is 10.1. The second-order valence-corrected chi connectivity index (χ2v) is 4.02. The SMILES string of the molecule is CCCc1ccc(CCNC(=O)CC)cc1. The predicted molar refractivity (Wildman–Crippen MR) is 67.4 cm³/mol. The van der Waals surface area contributed by atoms with Gasteiger partial charge in [0.2, 0.25) is 5.91 Å². The first kappa shape index (κ1) is 12.8. The summed E-state index contributed by atoms with van der Waals surface area (Å²) in [6.07, 6.45) is 3.81. The third kappa shape index (κ3) is 4.47. The quantitative estimate of drug-likeness (QED) is 0.783. The highest BCUT2D eigenvalue weighted by atomic mass is 16.1. The molecule has 0 aromatic heterocycles. The fourth-order valence-corrected chi connectivity index (χ4v) is 1.63. The second-order valence-electron chi connectivity index (χ2n) is 4.02. The van der Waals surface area contributed by atoms with E-state index in [1.54, 1.807) is 0 Å². The van der Waals surface area contributed by atoms with Crippen LogP contribution in [-0.4, -0.2) is 12.5 Å². The van der Waals surface area contributed by atoms with E-state index in [0.717, 1.165) is 19.4 Å². The van der Waals surface area contributed by atoms with Crippen molar-refractivity contribution in [2.24, 2.45) is 0 Å². The Morgan fingerprint density at radius 3 is 2.12 bits per heavy atom. The van der Waals surface area contributed by atoms with Crippen molar-refractivity contribution in [1.82, 2.24) is 5.32 Å². The van der Waals surface area contributed by atoms with E-state index in [9.17, 15) is 4.79 Å². The number of rotatable bonds is 6. The zero-order valence-corrected chi connectivity index (χ0v) is 10.3. The van der Waals surface area contributed by atoms with Gasteiger partial charge in [-0.25, -0.2) is 0 Å². The van der Waals surface area contributed by atoms with Gasteiger partial charge in [0.15, 0.2) is 0 Å². The fourth-order valence-electron chi connectivity index (χ4n) is 1.63. The Morgan fingerprint density at radius 1 is 1.06 bits per heavy atom. The van der Waals surface area contributed by atoms with Gasteiger partial charge in [0, 0.05) is 13.0 Å². The molecule has 0 atom stereocenters. The van der Waals surface area contributed by atoms with Crippen LogP contribution in [0.4, 0.5) is 0 Å². The molecule has 0 unspecified atom stereocenters. The van der Waals surface area contributed by atoms with E-state index in [4.69, 9.17) is 0 Å². The molecule has 0 bridgehead atoms. The third-order valence-corrected chi connectivity index (χ3v) is 2.62. The summed E-state index contributed by atoms with van der Waals surface area (Å²) >= 11 is 0. The van der Waals surface area contributed by atoms with Gasteiger partial charge in [-0.3, -0.25) is 4.79 Å². The van der Waals surface area contributed by atoms with E-state index in [0.29, 0.717) is 6.42 Å². The molecule has 0 saturated carbocycles. The average molecular weight is 219 g/mol. The Labute approximate surface area is 98.1 Å². The molecule has 16 heavy (non-hydrogen) atoms. The van der Waals surface area contributed by atoms with Crippen molar-refractivity contribution < 1.29 is 4.79 Å². The lowest BCUT2D eigenvalue weighted by Crippen LogP contribution is -2.24. The van der Waals surface area contributed by atoms with E-state index < -0.39 is 0 Å². The number of carbonyl (C=O) groups is 1. The number of hydrogen-bond donors (Lipinski definition) is 1. The van der Waals surface area contributed by atoms with Gasteiger partial charge in [-0.1, -0.05) is 44.5 Å². The molecule has 1 N–H and O–H groups in total. The van der Waals surface area contributed by atoms with E-state index in [1.807, 2.05) is 6.92 Å². The Bertz CT molecular complexity index is 316. The maximum Gasteiger partial charge on any atom is 0.219 e. The number of carbonyl (C=O) groups excluding carboxylic acids is 1. The summed E-state index contributed by atoms with van der Waals surface area (Å²) < 4.78 is 0. The molecule has 2 heteroatoms. The lowest BCUT2D eigenvalue weighted by molar-refractivity contribution is -0.120. The van der Waals surface area contributed by atoms with Crippen LogP contribution in [0.5, 0.6) is 0 Å². The molecule has 0 aliphatic carbocycles. The maximum absolute atomic E-state index is 11.0. The zero-order chi connectivity index (χ0) is 11.8. The molecule has 1 rings (SSSR count). The molecular weight excluding hydrogens is 198 g/mol. The Hall–Kier alpha value is -1.31. The number of amides is 1. The summed E-state index contributed by atoms with van der Waals surface area (Å²) in [5.74, 6) is 0.127. The number of aryl methyl sites for hydroxylation is 1. The molecule has 1 aromatic carbocycles. The van der Waals surface area contributed by atoms with E-state index in [-0.39, 0.29) is 5.91 Å². The van der Waals surface area contributed by atoms with Crippen LogP contribution in [0.25, 0.3) is 0 Å². The minimum atomic E-state index is 0.127. The van der Waals surface area contributed by atoms with Crippen LogP contribution in [0, 0.1) is 0 Å². The standard InChI is InChI=1S/C14H21NO/c1-3-5-12-6-8-13(9-7-12)10-11-15-14(16)4-2/h6-9H,3-5,10-11H2,1-2H3,(H,15,16). The molecule has 1 amide bonds. The summed E-state index contributed by atoms with van der Waals surface area (Å²) in [5.41, 5.74) is 2.68. The predicted octanol–water partition coefficient (Wildman–Crippen LogP) is 2.71. The Morgan fingerprint density at radius 2 is 1.62 bits per heavy atom. The van der Waals surface area contributed by atoms with Gasteiger partial charge in [0.25, 0.3) is 0 Å². The molecule has 0 radical (unpaired) electrons. The van der Waals surface area contributed by atoms with Gasteiger partial charge in [-0.2, -0.15) is 0 Å². The van der Waals surface area contributed by atoms with Crippen LogP contribution in [-0.2, 0) is 17.6 Å². The van der Waals surface area contributed by atoms with Crippen LogP contribution in [0.2, 0.25) is 0 Å². The highest BCUT2D eigenvalue weighted by molar-refractivity contribution is 5.75. The third-order valence-electron chi connectivity index (χ3n) is 2.62. The number of nitrogens with one attached hydrogen (secondary N) is 1. The zero-order valence-electron chi connectivity index (χ0n) is 10.3. The van der Waals surface area contributed by atoms with Crippen LogP contribution < -0.4 is 5.32 Å². The molecule has 0 fully saturated rings. The minimum Gasteiger partial charge on any atom is -0.356 e. The first-order valence-electron chi connectivity index (χ1n) is 6.10. The van der Waals surface area contributed by atoms with Crippen LogP contribution >= 0.6 is 0 Å². The summed E-state index contributed by atoms with van der Waals surface area (Å²) in [6, 6.07) is 8.67. The Balaban J connectivity index is 2.34. The highest BCUT2D eigenvalue weighted by Gasteiger charge is 1.97. The van der Waals surface area contributed by atoms with E-state index >= 15 is 0 Å². The van der Waals surface area contributed by atoms with Gasteiger partial charge in [-0.15, -0.1) is 0 Å². The van der Waals surface area contributed by atoms with Crippen molar-refractivity contribution in [1.29, 1.82) is 0 Å². The summed E-state index contributed by atoms with van der Waals surface area (Å²) in [4.78, 5) is 11.0. The van der Waals surface area contributed by atoms with Crippen molar-refractivity contribution in [3.63, 3.8) is 0 Å². The van der Waals surface area contributed by atoms with Crippen LogP contribution in [0.15, 0.2) is 24.3 Å². The largest absolute Gasteiger partial charge is 0.356 e. The summed E-state index contributed by atoms with van der Waals surface area (Å²) in [7, 11) is 0. The first-order valence-corrected chi connectivity index (χ1v) is 6.10. The molecule has 0 aliphatic rings. The molecule has 88 valence electrons. The van der Waals surface area contributed by atoms with E-state index in [1.165, 1.54) is 17.5 Å². The van der Waals surface area contributed by atoms with Gasteiger partial charge in [0.1, 0.15) is 0 Å². The van der Waals surface area contributed by atoms with Crippen LogP contribution in [0.3, 0.4) is 0 Å². The van der Waals surface area contributed by atoms with Crippen molar-refractivity contribution >= 4 is 5.91 Å². The minimum absolute atomic E-state index is 0.127. The molecule has 0 saturated heterocycles. The highest BCUT2D eigenvalue weighted by Crippen LogP contribution is 2.06. The summed E-state index contributed by atoms with van der Waals surface area (Å²) in [5, 5.41) is 2.88. The maximum atomic E-state index is 11.0. The number of hydrogen-bond acceptors (Lipinski definition) is 1. The lowest BCUT2D eigenvalue weighted by Gasteiger charge is -2.05. The Kier molecular flexibility index (Phi) is 5.62. The molecule has 0 aliphatic heterocycles. The number of benzene rings is 1. The van der Waals surface area contributed by atoms with Crippen molar-refractivity contribution in [3.05, 3.63) is 35.4 Å². The average Bonchev–Trinajstić information content (AvgIpc) is 2.31. The van der Waals surface area contributed by atoms with Gasteiger partial charge in [-0.05, 0) is 24.0 Å². The van der Waals surface area contributed by atoms with Gasteiger partial charge in [0.05, 0.1) is 0 Å². The first-order chi connectivity index (χ1) is 7.76. The van der Waals surface area contributed by atoms with Crippen molar-refractivity contribution in [2.45, 2.75) is 39.5 Å². The normalized spacial score (nSPS) is 10.1.